The molecule has 4 saturated carbocycles. The molecule has 5 fully saturated rings. The summed E-state index contributed by atoms with van der Waals surface area (Å²) in [4.78, 5) is 38.5. The van der Waals surface area contributed by atoms with E-state index in [1.165, 1.54) is 57.9 Å². The van der Waals surface area contributed by atoms with E-state index in [0.29, 0.717) is 24.8 Å². The van der Waals surface area contributed by atoms with Gasteiger partial charge in [-0.15, -0.1) is 0 Å². The summed E-state index contributed by atoms with van der Waals surface area (Å²) in [6.07, 6.45) is 14.5. The topological polar surface area (TPSA) is 90.5 Å². The maximum Gasteiger partial charge on any atom is 0.249 e. The van der Waals surface area contributed by atoms with E-state index in [4.69, 9.17) is 0 Å². The Bertz CT molecular complexity index is 942. The first-order valence-corrected chi connectivity index (χ1v) is 14.1. The molecule has 7 heteroatoms. The lowest BCUT2D eigenvalue weighted by Gasteiger charge is -2.60. The molecule has 0 aromatic heterocycles. The average Bonchev–Trinajstić information content (AvgIpc) is 2.82. The largest absolute Gasteiger partial charge is 0.374 e. The van der Waals surface area contributed by atoms with Crippen LogP contribution in [0.25, 0.3) is 0 Å². The third-order valence-corrected chi connectivity index (χ3v) is 9.19. The molecule has 196 valence electrons. The molecule has 1 heterocycles. The summed E-state index contributed by atoms with van der Waals surface area (Å²) >= 11 is 0. The van der Waals surface area contributed by atoms with Gasteiger partial charge in [0.2, 0.25) is 17.7 Å². The molecule has 1 aromatic rings. The minimum Gasteiger partial charge on any atom is -0.374 e. The zero-order valence-corrected chi connectivity index (χ0v) is 21.7. The minimum atomic E-state index is -0.435. The molecule has 4 bridgehead atoms. The number of hydrogen-bond acceptors (Lipinski definition) is 5. The molecule has 1 saturated heterocycles. The van der Waals surface area contributed by atoms with Gasteiger partial charge >= 0.3 is 0 Å². The van der Waals surface area contributed by atoms with Crippen LogP contribution in [0, 0.1) is 17.8 Å². The number of amides is 3. The van der Waals surface area contributed by atoms with E-state index >= 15 is 0 Å². The van der Waals surface area contributed by atoms with Crippen molar-refractivity contribution < 1.29 is 14.4 Å². The molecule has 1 atom stereocenters. The third kappa shape index (κ3) is 5.93. The molecule has 3 N–H and O–H groups in total. The lowest BCUT2D eigenvalue weighted by molar-refractivity contribution is -0.133. The van der Waals surface area contributed by atoms with Gasteiger partial charge in [0, 0.05) is 29.8 Å². The van der Waals surface area contributed by atoms with Crippen LogP contribution in [0.5, 0.6) is 0 Å². The standard InChI is InChI=1S/C29H42N4O3/c1-33(29-17-20-13-21(18-29)15-22(14-20)19-29)12-5-3-2-4-9-26(34)31-24-8-6-7-23(16-24)30-25-10-11-27(35)32-28(25)36/h6-8,16,20-22,25,30H,2-5,9-15,17-19H2,1H3,(H,31,34)(H,32,35,36). The molecular weight excluding hydrogens is 452 g/mol. The van der Waals surface area contributed by atoms with Gasteiger partial charge in [-0.05, 0) is 107 Å². The first kappa shape index (κ1) is 25.2. The van der Waals surface area contributed by atoms with Crippen LogP contribution < -0.4 is 16.0 Å². The number of anilines is 2. The number of nitrogens with zero attached hydrogens (tertiary/aromatic N) is 1. The Morgan fingerprint density at radius 2 is 1.67 bits per heavy atom. The molecule has 0 spiro atoms. The van der Waals surface area contributed by atoms with Crippen molar-refractivity contribution in [2.45, 2.75) is 95.1 Å². The first-order valence-electron chi connectivity index (χ1n) is 14.1. The van der Waals surface area contributed by atoms with Crippen molar-refractivity contribution in [3.8, 4) is 0 Å². The number of piperidine rings is 1. The van der Waals surface area contributed by atoms with Crippen LogP contribution >= 0.6 is 0 Å². The van der Waals surface area contributed by atoms with Crippen LogP contribution in [0.3, 0.4) is 0 Å². The van der Waals surface area contributed by atoms with Gasteiger partial charge in [0.15, 0.2) is 0 Å². The van der Waals surface area contributed by atoms with Gasteiger partial charge in [-0.3, -0.25) is 19.7 Å². The Kier molecular flexibility index (Phi) is 7.65. The van der Waals surface area contributed by atoms with Crippen LogP contribution in [0.4, 0.5) is 11.4 Å². The van der Waals surface area contributed by atoms with Crippen LogP contribution in [0.2, 0.25) is 0 Å². The van der Waals surface area contributed by atoms with E-state index in [0.717, 1.165) is 42.0 Å². The van der Waals surface area contributed by atoms with Gasteiger partial charge in [0.1, 0.15) is 6.04 Å². The van der Waals surface area contributed by atoms with Crippen molar-refractivity contribution in [1.82, 2.24) is 10.2 Å². The number of nitrogens with one attached hydrogen (secondary N) is 3. The van der Waals surface area contributed by atoms with Gasteiger partial charge < -0.3 is 15.5 Å². The molecule has 5 aliphatic rings. The molecule has 6 rings (SSSR count). The van der Waals surface area contributed by atoms with Crippen LogP contribution in [0.15, 0.2) is 24.3 Å². The van der Waals surface area contributed by atoms with E-state index in [1.54, 1.807) is 0 Å². The lowest BCUT2D eigenvalue weighted by atomic mass is 9.52. The predicted molar refractivity (Wildman–Crippen MR) is 141 cm³/mol. The molecule has 36 heavy (non-hydrogen) atoms. The SMILES string of the molecule is CN(CCCCCCC(=O)Nc1cccc(NC2CCC(=O)NC2=O)c1)C12CC3CC(CC(C3)C1)C2. The molecule has 1 aliphatic heterocycles. The van der Waals surface area contributed by atoms with Crippen LogP contribution in [-0.4, -0.2) is 47.8 Å². The molecular formula is C29H42N4O3. The van der Waals surface area contributed by atoms with Gasteiger partial charge in [-0.25, -0.2) is 0 Å². The fourth-order valence-electron chi connectivity index (χ4n) is 7.70. The third-order valence-electron chi connectivity index (χ3n) is 9.19. The van der Waals surface area contributed by atoms with E-state index in [9.17, 15) is 14.4 Å². The monoisotopic (exact) mass is 494 g/mol. The summed E-state index contributed by atoms with van der Waals surface area (Å²) in [6, 6.07) is 6.97. The van der Waals surface area contributed by atoms with Gasteiger partial charge in [0.25, 0.3) is 0 Å². The first-order chi connectivity index (χ1) is 17.4. The lowest BCUT2D eigenvalue weighted by Crippen LogP contribution is -2.58. The highest BCUT2D eigenvalue weighted by molar-refractivity contribution is 6.01. The van der Waals surface area contributed by atoms with Crippen molar-refractivity contribution >= 4 is 29.1 Å². The second-order valence-corrected chi connectivity index (χ2v) is 12.0. The van der Waals surface area contributed by atoms with Crippen molar-refractivity contribution in [3.63, 3.8) is 0 Å². The molecule has 0 radical (unpaired) electrons. The fourth-order valence-corrected chi connectivity index (χ4v) is 7.70. The Hall–Kier alpha value is -2.41. The molecule has 1 unspecified atom stereocenters. The number of carbonyl (C=O) groups is 3. The van der Waals surface area contributed by atoms with Crippen molar-refractivity contribution in [1.29, 1.82) is 0 Å². The zero-order chi connectivity index (χ0) is 25.1. The normalized spacial score (nSPS) is 30.9. The highest BCUT2D eigenvalue weighted by Crippen LogP contribution is 2.57. The summed E-state index contributed by atoms with van der Waals surface area (Å²) in [5, 5.41) is 8.50. The summed E-state index contributed by atoms with van der Waals surface area (Å²) in [7, 11) is 2.36. The number of benzene rings is 1. The predicted octanol–water partition coefficient (Wildman–Crippen LogP) is 4.69. The van der Waals surface area contributed by atoms with Crippen molar-refractivity contribution in [3.05, 3.63) is 24.3 Å². The van der Waals surface area contributed by atoms with Crippen molar-refractivity contribution in [2.75, 3.05) is 24.2 Å². The number of rotatable bonds is 11. The maximum atomic E-state index is 12.5. The Morgan fingerprint density at radius 1 is 1.00 bits per heavy atom. The molecule has 3 amide bonds. The smallest absolute Gasteiger partial charge is 0.249 e. The van der Waals surface area contributed by atoms with E-state index < -0.39 is 6.04 Å². The second kappa shape index (κ2) is 10.9. The maximum absolute atomic E-state index is 12.5. The van der Waals surface area contributed by atoms with Crippen LogP contribution in [-0.2, 0) is 14.4 Å². The van der Waals surface area contributed by atoms with E-state index in [2.05, 4.69) is 27.9 Å². The average molecular weight is 495 g/mol. The number of unbranched alkanes of at least 4 members (excludes halogenated alkanes) is 3. The number of carbonyl (C=O) groups excluding carboxylic acids is 3. The quantitative estimate of drug-likeness (QED) is 0.307. The summed E-state index contributed by atoms with van der Waals surface area (Å²) in [5.41, 5.74) is 1.97. The second-order valence-electron chi connectivity index (χ2n) is 12.0. The Labute approximate surface area is 215 Å². The minimum absolute atomic E-state index is 0.0267. The van der Waals surface area contributed by atoms with Crippen molar-refractivity contribution in [2.24, 2.45) is 17.8 Å². The van der Waals surface area contributed by atoms with E-state index in [1.807, 2.05) is 24.3 Å². The van der Waals surface area contributed by atoms with Crippen LogP contribution in [0.1, 0.15) is 83.5 Å². The summed E-state index contributed by atoms with van der Waals surface area (Å²) < 4.78 is 0. The molecule has 1 aromatic carbocycles. The summed E-state index contributed by atoms with van der Waals surface area (Å²) in [6.45, 7) is 1.19. The fraction of sp³-hybridized carbons (Fsp3) is 0.690. The highest BCUT2D eigenvalue weighted by Gasteiger charge is 2.52. The molecule has 7 nitrogen and oxygen atoms in total. The Balaban J connectivity index is 0.981. The zero-order valence-electron chi connectivity index (χ0n) is 21.7. The summed E-state index contributed by atoms with van der Waals surface area (Å²) in [5.74, 6) is 2.47. The van der Waals surface area contributed by atoms with Gasteiger partial charge in [0.05, 0.1) is 0 Å². The Morgan fingerprint density at radius 3 is 2.36 bits per heavy atom. The van der Waals surface area contributed by atoms with Gasteiger partial charge in [-0.2, -0.15) is 0 Å². The molecule has 4 aliphatic carbocycles. The number of hydrogen-bond donors (Lipinski definition) is 3. The van der Waals surface area contributed by atoms with Gasteiger partial charge in [-0.1, -0.05) is 18.9 Å². The number of imide groups is 1. The highest BCUT2D eigenvalue weighted by atomic mass is 16.2. The van der Waals surface area contributed by atoms with E-state index in [-0.39, 0.29) is 17.7 Å².